The molecular weight excluding hydrogens is 246 g/mol. The lowest BCUT2D eigenvalue weighted by molar-refractivity contribution is -0.383. The number of anilines is 2. The van der Waals surface area contributed by atoms with Crippen LogP contribution in [0.25, 0.3) is 0 Å². The third kappa shape index (κ3) is 4.04. The van der Waals surface area contributed by atoms with E-state index in [4.69, 9.17) is 0 Å². The Morgan fingerprint density at radius 2 is 2.16 bits per heavy atom. The van der Waals surface area contributed by atoms with Gasteiger partial charge in [-0.15, -0.1) is 0 Å². The Morgan fingerprint density at radius 3 is 2.68 bits per heavy atom. The lowest BCUT2D eigenvalue weighted by Gasteiger charge is -2.19. The quantitative estimate of drug-likeness (QED) is 0.602. The van der Waals surface area contributed by atoms with Crippen LogP contribution in [0.5, 0.6) is 0 Å². The van der Waals surface area contributed by atoms with Gasteiger partial charge < -0.3 is 10.2 Å². The number of nitro groups is 1. The molecule has 0 aliphatic carbocycles. The summed E-state index contributed by atoms with van der Waals surface area (Å²) >= 11 is 0. The summed E-state index contributed by atoms with van der Waals surface area (Å²) in [5.74, 6) is 1.17. The van der Waals surface area contributed by atoms with Gasteiger partial charge in [-0.25, -0.2) is 9.97 Å². The van der Waals surface area contributed by atoms with Crippen molar-refractivity contribution in [1.29, 1.82) is 0 Å². The van der Waals surface area contributed by atoms with Crippen molar-refractivity contribution in [2.45, 2.75) is 27.2 Å². The zero-order valence-corrected chi connectivity index (χ0v) is 11.9. The Kier molecular flexibility index (Phi) is 5.47. The summed E-state index contributed by atoms with van der Waals surface area (Å²) in [5.41, 5.74) is -0.0596. The van der Waals surface area contributed by atoms with E-state index in [9.17, 15) is 10.1 Å². The van der Waals surface area contributed by atoms with Crippen LogP contribution < -0.4 is 10.2 Å². The first-order valence-electron chi connectivity index (χ1n) is 6.41. The number of hydrogen-bond acceptors (Lipinski definition) is 6. The molecule has 0 radical (unpaired) electrons. The molecule has 0 atom stereocenters. The van der Waals surface area contributed by atoms with E-state index in [1.54, 1.807) is 4.90 Å². The predicted molar refractivity (Wildman–Crippen MR) is 75.6 cm³/mol. The van der Waals surface area contributed by atoms with E-state index in [0.717, 1.165) is 13.0 Å². The third-order valence-electron chi connectivity index (χ3n) is 2.73. The molecule has 0 aliphatic heterocycles. The Balaban J connectivity index is 3.04. The van der Waals surface area contributed by atoms with Gasteiger partial charge in [0.25, 0.3) is 0 Å². The minimum absolute atomic E-state index is 0.0596. The zero-order valence-electron chi connectivity index (χ0n) is 11.9. The molecule has 106 valence electrons. The average Bonchev–Trinajstić information content (AvgIpc) is 2.35. The number of hydrogen-bond donors (Lipinski definition) is 1. The van der Waals surface area contributed by atoms with Gasteiger partial charge in [0.05, 0.1) is 4.92 Å². The van der Waals surface area contributed by atoms with Crippen LogP contribution in [0.2, 0.25) is 0 Å². The summed E-state index contributed by atoms with van der Waals surface area (Å²) in [5, 5.41) is 14.1. The number of nitrogens with zero attached hydrogens (tertiary/aromatic N) is 4. The zero-order chi connectivity index (χ0) is 14.4. The van der Waals surface area contributed by atoms with Crippen molar-refractivity contribution in [3.63, 3.8) is 0 Å². The van der Waals surface area contributed by atoms with E-state index in [2.05, 4.69) is 29.1 Å². The monoisotopic (exact) mass is 267 g/mol. The second-order valence-electron chi connectivity index (χ2n) is 4.79. The topological polar surface area (TPSA) is 84.2 Å². The van der Waals surface area contributed by atoms with Gasteiger partial charge in [-0.05, 0) is 19.3 Å². The molecule has 1 heterocycles. The fourth-order valence-electron chi connectivity index (χ4n) is 1.67. The highest BCUT2D eigenvalue weighted by atomic mass is 16.6. The predicted octanol–water partition coefficient (Wildman–Crippen LogP) is 2.30. The maximum absolute atomic E-state index is 11.2. The van der Waals surface area contributed by atoms with Crippen LogP contribution in [0.1, 0.15) is 27.2 Å². The van der Waals surface area contributed by atoms with E-state index in [0.29, 0.717) is 18.3 Å². The molecule has 7 nitrogen and oxygen atoms in total. The Labute approximate surface area is 113 Å². The summed E-state index contributed by atoms with van der Waals surface area (Å²) in [7, 11) is 1.81. The Hall–Kier alpha value is -1.92. The highest BCUT2D eigenvalue weighted by Crippen LogP contribution is 2.31. The van der Waals surface area contributed by atoms with E-state index in [1.165, 1.54) is 6.33 Å². The van der Waals surface area contributed by atoms with Crippen molar-refractivity contribution in [2.75, 3.05) is 30.4 Å². The number of aromatic nitrogens is 2. The fourth-order valence-corrected chi connectivity index (χ4v) is 1.67. The van der Waals surface area contributed by atoms with Crippen molar-refractivity contribution in [2.24, 2.45) is 5.92 Å². The minimum Gasteiger partial charge on any atom is -0.364 e. The van der Waals surface area contributed by atoms with Crippen molar-refractivity contribution >= 4 is 17.3 Å². The molecule has 0 aromatic carbocycles. The number of nitrogens with one attached hydrogen (secondary N) is 1. The molecule has 7 heteroatoms. The highest BCUT2D eigenvalue weighted by Gasteiger charge is 2.24. The molecule has 0 amide bonds. The molecule has 1 aromatic rings. The van der Waals surface area contributed by atoms with Gasteiger partial charge in [-0.3, -0.25) is 10.1 Å². The van der Waals surface area contributed by atoms with E-state index in [-0.39, 0.29) is 11.5 Å². The van der Waals surface area contributed by atoms with Gasteiger partial charge in [-0.1, -0.05) is 13.8 Å². The Bertz CT molecular complexity index is 436. The molecule has 1 N–H and O–H groups in total. The maximum atomic E-state index is 11.2. The van der Waals surface area contributed by atoms with Crippen LogP contribution in [0.3, 0.4) is 0 Å². The van der Waals surface area contributed by atoms with Gasteiger partial charge in [0.1, 0.15) is 6.33 Å². The SMILES string of the molecule is CCNc1ncnc(N(C)CCC(C)C)c1[N+](=O)[O-]. The third-order valence-corrected chi connectivity index (χ3v) is 2.73. The molecule has 0 bridgehead atoms. The molecule has 1 aromatic heterocycles. The first-order valence-corrected chi connectivity index (χ1v) is 6.41. The second-order valence-corrected chi connectivity index (χ2v) is 4.79. The maximum Gasteiger partial charge on any atom is 0.353 e. The van der Waals surface area contributed by atoms with Gasteiger partial charge in [0.15, 0.2) is 0 Å². The summed E-state index contributed by atoms with van der Waals surface area (Å²) in [4.78, 5) is 20.6. The fraction of sp³-hybridized carbons (Fsp3) is 0.667. The summed E-state index contributed by atoms with van der Waals surface area (Å²) < 4.78 is 0. The van der Waals surface area contributed by atoms with Crippen molar-refractivity contribution in [3.8, 4) is 0 Å². The van der Waals surface area contributed by atoms with Crippen LogP contribution in [-0.2, 0) is 0 Å². The molecule has 1 rings (SSSR count). The minimum atomic E-state index is -0.431. The molecular formula is C12H21N5O2. The van der Waals surface area contributed by atoms with Crippen molar-refractivity contribution in [1.82, 2.24) is 9.97 Å². The van der Waals surface area contributed by atoms with Gasteiger partial charge in [0.2, 0.25) is 11.6 Å². The number of rotatable bonds is 7. The van der Waals surface area contributed by atoms with Gasteiger partial charge in [-0.2, -0.15) is 0 Å². The normalized spacial score (nSPS) is 10.6. The summed E-state index contributed by atoms with van der Waals surface area (Å²) in [6.07, 6.45) is 2.31. The molecule has 0 unspecified atom stereocenters. The molecule has 0 saturated carbocycles. The van der Waals surface area contributed by atoms with E-state index in [1.807, 2.05) is 14.0 Å². The van der Waals surface area contributed by atoms with E-state index >= 15 is 0 Å². The van der Waals surface area contributed by atoms with Crippen molar-refractivity contribution < 1.29 is 4.92 Å². The first kappa shape index (κ1) is 15.1. The van der Waals surface area contributed by atoms with E-state index < -0.39 is 4.92 Å². The molecule has 0 saturated heterocycles. The van der Waals surface area contributed by atoms with Crippen LogP contribution in [0, 0.1) is 16.0 Å². The van der Waals surface area contributed by atoms with Gasteiger partial charge >= 0.3 is 5.69 Å². The van der Waals surface area contributed by atoms with Gasteiger partial charge in [0, 0.05) is 20.1 Å². The smallest absolute Gasteiger partial charge is 0.353 e. The molecule has 0 aliphatic rings. The second kappa shape index (κ2) is 6.86. The lowest BCUT2D eigenvalue weighted by Crippen LogP contribution is -2.23. The molecule has 0 spiro atoms. The average molecular weight is 267 g/mol. The largest absolute Gasteiger partial charge is 0.364 e. The van der Waals surface area contributed by atoms with Crippen molar-refractivity contribution in [3.05, 3.63) is 16.4 Å². The van der Waals surface area contributed by atoms with Crippen LogP contribution >= 0.6 is 0 Å². The van der Waals surface area contributed by atoms with Crippen LogP contribution in [0.4, 0.5) is 17.3 Å². The highest BCUT2D eigenvalue weighted by molar-refractivity contribution is 5.69. The first-order chi connectivity index (χ1) is 8.97. The molecule has 0 fully saturated rings. The summed E-state index contributed by atoms with van der Waals surface area (Å²) in [6, 6.07) is 0. The lowest BCUT2D eigenvalue weighted by atomic mass is 10.1. The van der Waals surface area contributed by atoms with Crippen LogP contribution in [-0.4, -0.2) is 35.0 Å². The Morgan fingerprint density at radius 1 is 1.47 bits per heavy atom. The molecule has 19 heavy (non-hydrogen) atoms. The van der Waals surface area contributed by atoms with Crippen LogP contribution in [0.15, 0.2) is 6.33 Å². The summed E-state index contributed by atoms with van der Waals surface area (Å²) in [6.45, 7) is 7.40. The standard InChI is InChI=1S/C12H21N5O2/c1-5-13-11-10(17(18)19)12(15-8-14-11)16(4)7-6-9(2)3/h8-9H,5-7H2,1-4H3,(H,13,14,15).